The van der Waals surface area contributed by atoms with Gasteiger partial charge in [0.05, 0.1) is 12.0 Å². The van der Waals surface area contributed by atoms with Crippen LogP contribution in [0, 0.1) is 23.2 Å². The van der Waals surface area contributed by atoms with E-state index in [4.69, 9.17) is 11.6 Å². The molecule has 0 spiro atoms. The minimum atomic E-state index is 0.0802. The Balaban J connectivity index is 1.79. The van der Waals surface area contributed by atoms with Crippen molar-refractivity contribution in [3.63, 3.8) is 0 Å². The van der Waals surface area contributed by atoms with Gasteiger partial charge in [-0.2, -0.15) is 5.26 Å². The van der Waals surface area contributed by atoms with Gasteiger partial charge in [-0.25, -0.2) is 0 Å². The summed E-state index contributed by atoms with van der Waals surface area (Å²) < 4.78 is 0. The summed E-state index contributed by atoms with van der Waals surface area (Å²) in [6, 6.07) is 10.9. The van der Waals surface area contributed by atoms with Gasteiger partial charge in [0.1, 0.15) is 0 Å². The number of benzene rings is 1. The number of hydrogen-bond donors (Lipinski definition) is 1. The minimum absolute atomic E-state index is 0.0802. The molecule has 1 aromatic carbocycles. The molecule has 1 heterocycles. The fraction of sp³-hybridized carbons (Fsp3) is 0.588. The Labute approximate surface area is 126 Å². The molecule has 1 aromatic rings. The quantitative estimate of drug-likeness (QED) is 0.889. The third-order valence-corrected chi connectivity index (χ3v) is 5.21. The van der Waals surface area contributed by atoms with Gasteiger partial charge in [-0.3, -0.25) is 0 Å². The van der Waals surface area contributed by atoms with E-state index in [0.717, 1.165) is 11.6 Å². The fourth-order valence-corrected chi connectivity index (χ4v) is 4.15. The molecule has 1 saturated carbocycles. The Kier molecular flexibility index (Phi) is 4.29. The van der Waals surface area contributed by atoms with Crippen LogP contribution in [-0.2, 0) is 0 Å². The molecule has 2 nitrogen and oxygen atoms in total. The standard InChI is InChI=1S/C17H21ClN2/c18-14-8-4-7-13(9-14)16-11-20-17(15(16)10-19)12-5-2-1-3-6-12/h4,7-9,12,15-17,20H,1-3,5-6,11H2. The summed E-state index contributed by atoms with van der Waals surface area (Å²) >= 11 is 6.10. The summed E-state index contributed by atoms with van der Waals surface area (Å²) in [6.45, 7) is 0.903. The smallest absolute Gasteiger partial charge is 0.0699 e. The van der Waals surface area contributed by atoms with Crippen LogP contribution in [0.2, 0.25) is 5.02 Å². The summed E-state index contributed by atoms with van der Waals surface area (Å²) in [7, 11) is 0. The van der Waals surface area contributed by atoms with Gasteiger partial charge >= 0.3 is 0 Å². The summed E-state index contributed by atoms with van der Waals surface area (Å²) in [5, 5.41) is 14.0. The first-order chi connectivity index (χ1) is 9.79. The predicted octanol–water partition coefficient (Wildman–Crippen LogP) is 4.12. The average molecular weight is 289 g/mol. The first-order valence-electron chi connectivity index (χ1n) is 7.68. The van der Waals surface area contributed by atoms with Gasteiger partial charge in [-0.15, -0.1) is 0 Å². The Morgan fingerprint density at radius 1 is 1.20 bits per heavy atom. The van der Waals surface area contributed by atoms with Crippen molar-refractivity contribution in [1.82, 2.24) is 5.32 Å². The molecule has 3 rings (SSSR count). The normalized spacial score (nSPS) is 31.1. The highest BCUT2D eigenvalue weighted by Crippen LogP contribution is 2.39. The molecular weight excluding hydrogens is 268 g/mol. The molecule has 1 aliphatic carbocycles. The van der Waals surface area contributed by atoms with Crippen molar-refractivity contribution in [3.8, 4) is 6.07 Å². The van der Waals surface area contributed by atoms with Gasteiger partial charge in [0, 0.05) is 23.5 Å². The molecular formula is C17H21ClN2. The first kappa shape index (κ1) is 13.9. The van der Waals surface area contributed by atoms with Crippen molar-refractivity contribution in [1.29, 1.82) is 5.26 Å². The molecule has 0 aromatic heterocycles. The lowest BCUT2D eigenvalue weighted by Crippen LogP contribution is -2.36. The number of halogens is 1. The van der Waals surface area contributed by atoms with Gasteiger partial charge in [-0.05, 0) is 36.5 Å². The van der Waals surface area contributed by atoms with Crippen LogP contribution in [0.5, 0.6) is 0 Å². The van der Waals surface area contributed by atoms with Crippen LogP contribution in [0.3, 0.4) is 0 Å². The van der Waals surface area contributed by atoms with Crippen LogP contribution in [0.4, 0.5) is 0 Å². The molecule has 1 saturated heterocycles. The van der Waals surface area contributed by atoms with Crippen molar-refractivity contribution < 1.29 is 0 Å². The van der Waals surface area contributed by atoms with Crippen LogP contribution >= 0.6 is 11.6 Å². The summed E-state index contributed by atoms with van der Waals surface area (Å²) in [4.78, 5) is 0. The molecule has 1 N–H and O–H groups in total. The topological polar surface area (TPSA) is 35.8 Å². The van der Waals surface area contributed by atoms with Crippen LogP contribution in [0.15, 0.2) is 24.3 Å². The maximum absolute atomic E-state index is 9.65. The van der Waals surface area contributed by atoms with Crippen LogP contribution in [0.25, 0.3) is 0 Å². The van der Waals surface area contributed by atoms with E-state index in [2.05, 4.69) is 17.5 Å². The molecule has 3 unspecified atom stereocenters. The zero-order chi connectivity index (χ0) is 13.9. The molecule has 1 aliphatic heterocycles. The maximum atomic E-state index is 9.65. The van der Waals surface area contributed by atoms with E-state index in [1.165, 1.54) is 37.7 Å². The second kappa shape index (κ2) is 6.16. The summed E-state index contributed by atoms with van der Waals surface area (Å²) in [6.07, 6.45) is 6.56. The molecule has 3 heteroatoms. The van der Waals surface area contributed by atoms with Gasteiger partial charge in [0.2, 0.25) is 0 Å². The van der Waals surface area contributed by atoms with Gasteiger partial charge in [0.25, 0.3) is 0 Å². The van der Waals surface area contributed by atoms with Gasteiger partial charge < -0.3 is 5.32 Å². The van der Waals surface area contributed by atoms with E-state index < -0.39 is 0 Å². The van der Waals surface area contributed by atoms with Crippen LogP contribution in [0.1, 0.15) is 43.6 Å². The lowest BCUT2D eigenvalue weighted by molar-refractivity contribution is 0.264. The van der Waals surface area contributed by atoms with Crippen molar-refractivity contribution in [2.45, 2.75) is 44.1 Å². The Morgan fingerprint density at radius 2 is 2.00 bits per heavy atom. The second-order valence-corrected chi connectivity index (χ2v) is 6.58. The lowest BCUT2D eigenvalue weighted by Gasteiger charge is -2.30. The highest BCUT2D eigenvalue weighted by atomic mass is 35.5. The monoisotopic (exact) mass is 288 g/mol. The SMILES string of the molecule is N#CC1C(c2cccc(Cl)c2)CNC1C1CCCCC1. The number of rotatable bonds is 2. The number of nitrogens with one attached hydrogen (secondary N) is 1. The molecule has 0 radical (unpaired) electrons. The van der Waals surface area contributed by atoms with Crippen molar-refractivity contribution in [3.05, 3.63) is 34.9 Å². The van der Waals surface area contributed by atoms with E-state index in [9.17, 15) is 5.26 Å². The predicted molar refractivity (Wildman–Crippen MR) is 81.7 cm³/mol. The average Bonchev–Trinajstić information content (AvgIpc) is 2.92. The van der Waals surface area contributed by atoms with Crippen molar-refractivity contribution in [2.24, 2.45) is 11.8 Å². The van der Waals surface area contributed by atoms with E-state index in [0.29, 0.717) is 12.0 Å². The summed E-state index contributed by atoms with van der Waals surface area (Å²) in [5.74, 6) is 1.04. The lowest BCUT2D eigenvalue weighted by atomic mass is 9.76. The molecule has 0 bridgehead atoms. The Hall–Kier alpha value is -1.04. The molecule has 20 heavy (non-hydrogen) atoms. The van der Waals surface area contributed by atoms with Crippen molar-refractivity contribution in [2.75, 3.05) is 6.54 Å². The minimum Gasteiger partial charge on any atom is -0.312 e. The Morgan fingerprint density at radius 3 is 2.70 bits per heavy atom. The zero-order valence-electron chi connectivity index (χ0n) is 11.7. The molecule has 2 aliphatic rings. The van der Waals surface area contributed by atoms with Gasteiger partial charge in [-0.1, -0.05) is 43.0 Å². The Bertz CT molecular complexity index is 502. The maximum Gasteiger partial charge on any atom is 0.0699 e. The summed E-state index contributed by atoms with van der Waals surface area (Å²) in [5.41, 5.74) is 1.20. The number of nitrogens with zero attached hydrogens (tertiary/aromatic N) is 1. The van der Waals surface area contributed by atoms with Crippen LogP contribution < -0.4 is 5.32 Å². The van der Waals surface area contributed by atoms with E-state index >= 15 is 0 Å². The molecule has 2 fully saturated rings. The number of nitriles is 1. The highest BCUT2D eigenvalue weighted by Gasteiger charge is 2.41. The van der Waals surface area contributed by atoms with E-state index in [1.807, 2.05) is 18.2 Å². The van der Waals surface area contributed by atoms with Crippen molar-refractivity contribution >= 4 is 11.6 Å². The zero-order valence-corrected chi connectivity index (χ0v) is 12.4. The number of hydrogen-bond acceptors (Lipinski definition) is 2. The van der Waals surface area contributed by atoms with Gasteiger partial charge in [0.15, 0.2) is 0 Å². The molecule has 3 atom stereocenters. The molecule has 0 amide bonds. The van der Waals surface area contributed by atoms with Crippen LogP contribution in [-0.4, -0.2) is 12.6 Å². The van der Waals surface area contributed by atoms with E-state index in [1.54, 1.807) is 0 Å². The molecule has 106 valence electrons. The fourth-order valence-electron chi connectivity index (χ4n) is 3.95. The third kappa shape index (κ3) is 2.71. The second-order valence-electron chi connectivity index (χ2n) is 6.15. The van der Waals surface area contributed by atoms with E-state index in [-0.39, 0.29) is 11.8 Å². The first-order valence-corrected chi connectivity index (χ1v) is 8.06. The largest absolute Gasteiger partial charge is 0.312 e. The third-order valence-electron chi connectivity index (χ3n) is 4.98. The highest BCUT2D eigenvalue weighted by molar-refractivity contribution is 6.30.